The zero-order chi connectivity index (χ0) is 27.3. The fourth-order valence-electron chi connectivity index (χ4n) is 5.63. The molecule has 0 saturated heterocycles. The second-order valence-electron chi connectivity index (χ2n) is 10.6. The van der Waals surface area contributed by atoms with E-state index >= 15 is 0 Å². The maximum Gasteiger partial charge on any atom is 0.410 e. The molecule has 4 aromatic heterocycles. The van der Waals surface area contributed by atoms with Crippen molar-refractivity contribution in [2.24, 2.45) is 0 Å². The lowest BCUT2D eigenvalue weighted by atomic mass is 9.92. The molecular formula is C31H33N5O2S. The third-order valence-corrected chi connectivity index (χ3v) is 9.14. The van der Waals surface area contributed by atoms with Crippen LogP contribution in [0.4, 0.5) is 4.79 Å². The molecule has 0 spiro atoms. The summed E-state index contributed by atoms with van der Waals surface area (Å²) in [5.41, 5.74) is 10.6. The van der Waals surface area contributed by atoms with Gasteiger partial charge in [-0.3, -0.25) is 0 Å². The summed E-state index contributed by atoms with van der Waals surface area (Å²) in [7, 11) is 0. The lowest BCUT2D eigenvalue weighted by Crippen LogP contribution is -2.35. The van der Waals surface area contributed by atoms with Crippen molar-refractivity contribution in [2.45, 2.75) is 53.6 Å². The molecule has 8 heteroatoms. The molecule has 1 aliphatic rings. The van der Waals surface area contributed by atoms with Crippen LogP contribution in [0.25, 0.3) is 32.7 Å². The number of pyridine rings is 1. The highest BCUT2D eigenvalue weighted by Crippen LogP contribution is 2.45. The number of aryl methyl sites for hydroxylation is 2. The predicted molar refractivity (Wildman–Crippen MR) is 157 cm³/mol. The summed E-state index contributed by atoms with van der Waals surface area (Å²) in [6, 6.07) is 9.80. The molecule has 1 N–H and O–H groups in total. The van der Waals surface area contributed by atoms with Gasteiger partial charge in [0.05, 0.1) is 5.69 Å². The molecule has 5 heterocycles. The van der Waals surface area contributed by atoms with Gasteiger partial charge in [0.2, 0.25) is 0 Å². The molecule has 6 rings (SSSR count). The van der Waals surface area contributed by atoms with Crippen molar-refractivity contribution in [1.29, 1.82) is 0 Å². The normalized spacial score (nSPS) is 14.0. The van der Waals surface area contributed by atoms with Crippen LogP contribution in [0.3, 0.4) is 0 Å². The Labute approximate surface area is 232 Å². The first-order valence-electron chi connectivity index (χ1n) is 13.4. The van der Waals surface area contributed by atoms with E-state index in [9.17, 15) is 4.79 Å². The number of ether oxygens (including phenoxy) is 1. The number of carbonyl (C=O) groups is 1. The predicted octanol–water partition coefficient (Wildman–Crippen LogP) is 7.41. The molecule has 7 nitrogen and oxygen atoms in total. The highest BCUT2D eigenvalue weighted by molar-refractivity contribution is 7.20. The fourth-order valence-corrected chi connectivity index (χ4v) is 6.93. The third-order valence-electron chi connectivity index (χ3n) is 7.86. The number of thiophene rings is 1. The number of hydrogen-bond donors (Lipinski definition) is 1. The molecule has 1 amide bonds. The van der Waals surface area contributed by atoms with Crippen molar-refractivity contribution >= 4 is 38.9 Å². The Morgan fingerprint density at radius 1 is 1.13 bits per heavy atom. The molecule has 0 atom stereocenters. The Hall–Kier alpha value is -3.91. The van der Waals surface area contributed by atoms with Crippen LogP contribution in [0.2, 0.25) is 0 Å². The van der Waals surface area contributed by atoms with Gasteiger partial charge in [-0.1, -0.05) is 50.3 Å². The summed E-state index contributed by atoms with van der Waals surface area (Å²) < 4.78 is 7.42. The van der Waals surface area contributed by atoms with Crippen LogP contribution in [0.15, 0.2) is 48.9 Å². The van der Waals surface area contributed by atoms with Crippen LogP contribution in [-0.2, 0) is 11.3 Å². The van der Waals surface area contributed by atoms with Crippen LogP contribution >= 0.6 is 11.3 Å². The number of aromatic nitrogens is 4. The van der Waals surface area contributed by atoms with Crippen molar-refractivity contribution in [3.05, 3.63) is 81.6 Å². The summed E-state index contributed by atoms with van der Waals surface area (Å²) in [6.45, 7) is 12.6. The minimum atomic E-state index is -0.258. The first kappa shape index (κ1) is 25.4. The zero-order valence-electron chi connectivity index (χ0n) is 23.0. The van der Waals surface area contributed by atoms with Gasteiger partial charge in [-0.25, -0.2) is 14.3 Å². The minimum absolute atomic E-state index is 0.258. The number of H-pyrrole nitrogens is 1. The van der Waals surface area contributed by atoms with E-state index in [4.69, 9.17) is 4.74 Å². The number of benzene rings is 1. The van der Waals surface area contributed by atoms with E-state index < -0.39 is 0 Å². The molecule has 200 valence electrons. The zero-order valence-corrected chi connectivity index (χ0v) is 23.9. The number of fused-ring (bicyclic) bond motifs is 2. The molecule has 0 unspecified atom stereocenters. The molecule has 0 radical (unpaired) electrons. The number of nitrogens with zero attached hydrogens (tertiary/aromatic N) is 4. The average Bonchev–Trinajstić information content (AvgIpc) is 3.65. The largest absolute Gasteiger partial charge is 0.445 e. The lowest BCUT2D eigenvalue weighted by molar-refractivity contribution is 0.0998. The van der Waals surface area contributed by atoms with Gasteiger partial charge in [0, 0.05) is 35.1 Å². The van der Waals surface area contributed by atoms with E-state index in [2.05, 4.69) is 62.0 Å². The van der Waals surface area contributed by atoms with Gasteiger partial charge < -0.3 is 14.6 Å². The number of amides is 1. The second kappa shape index (κ2) is 10.0. The van der Waals surface area contributed by atoms with Crippen LogP contribution < -0.4 is 0 Å². The van der Waals surface area contributed by atoms with Gasteiger partial charge in [-0.2, -0.15) is 5.10 Å². The van der Waals surface area contributed by atoms with Crippen molar-refractivity contribution in [1.82, 2.24) is 24.5 Å². The molecule has 0 bridgehead atoms. The number of carbonyl (C=O) groups excluding carboxylic acids is 1. The van der Waals surface area contributed by atoms with E-state index in [1.165, 1.54) is 48.6 Å². The number of nitrogens with one attached hydrogen (secondary N) is 1. The maximum atomic E-state index is 12.7. The number of hydrogen-bond acceptors (Lipinski definition) is 5. The van der Waals surface area contributed by atoms with Crippen molar-refractivity contribution in [3.63, 3.8) is 0 Å². The Morgan fingerprint density at radius 3 is 2.64 bits per heavy atom. The maximum absolute atomic E-state index is 12.7. The van der Waals surface area contributed by atoms with Gasteiger partial charge in [0.15, 0.2) is 5.65 Å². The molecule has 0 aliphatic carbocycles. The molecule has 0 fully saturated rings. The van der Waals surface area contributed by atoms with E-state index in [0.29, 0.717) is 25.6 Å². The van der Waals surface area contributed by atoms with Crippen molar-refractivity contribution < 1.29 is 9.53 Å². The topological polar surface area (TPSA) is 75.5 Å². The van der Waals surface area contributed by atoms with Gasteiger partial charge in [-0.05, 0) is 66.5 Å². The average molecular weight is 540 g/mol. The minimum Gasteiger partial charge on any atom is -0.445 e. The molecular weight excluding hydrogens is 506 g/mol. The first-order chi connectivity index (χ1) is 18.8. The van der Waals surface area contributed by atoms with E-state index in [-0.39, 0.29) is 6.09 Å². The van der Waals surface area contributed by atoms with E-state index in [1.54, 1.807) is 11.2 Å². The van der Waals surface area contributed by atoms with Crippen LogP contribution in [-0.4, -0.2) is 43.7 Å². The SMILES string of the molecule is Cc1c(-c2[nH]c3sc(C4=CCN(C(=O)OCc5ccccc5)CC4)c(C)c3c2C(C)C)cn2ncnc2c1C. The summed E-state index contributed by atoms with van der Waals surface area (Å²) in [6.07, 6.45) is 6.45. The van der Waals surface area contributed by atoms with Crippen LogP contribution in [0, 0.1) is 20.8 Å². The van der Waals surface area contributed by atoms with Crippen molar-refractivity contribution in [2.75, 3.05) is 13.1 Å². The molecule has 1 aliphatic heterocycles. The van der Waals surface area contributed by atoms with Gasteiger partial charge in [-0.15, -0.1) is 11.3 Å². The monoisotopic (exact) mass is 539 g/mol. The van der Waals surface area contributed by atoms with Crippen molar-refractivity contribution in [3.8, 4) is 11.3 Å². The standard InChI is InChI=1S/C31H33N5O2S/c1-18(2)25-26-21(5)28(23-11-13-35(14-12-23)31(37)38-16-22-9-7-6-8-10-22)39-30(26)34-27(25)24-15-36-29(32-17-33-36)20(4)19(24)3/h6-11,15,17-18,34H,12-14,16H2,1-5H3. The Kier molecular flexibility index (Phi) is 6.51. The van der Waals surface area contributed by atoms with E-state index in [0.717, 1.165) is 23.2 Å². The van der Waals surface area contributed by atoms with Crippen LogP contribution in [0.1, 0.15) is 58.9 Å². The highest BCUT2D eigenvalue weighted by atomic mass is 32.1. The highest BCUT2D eigenvalue weighted by Gasteiger charge is 2.26. The van der Waals surface area contributed by atoms with Gasteiger partial charge in [0.25, 0.3) is 0 Å². The molecule has 5 aromatic rings. The summed E-state index contributed by atoms with van der Waals surface area (Å²) in [5, 5.41) is 5.73. The Balaban J connectivity index is 1.29. The summed E-state index contributed by atoms with van der Waals surface area (Å²) in [5.74, 6) is 0.344. The molecule has 1 aromatic carbocycles. The second-order valence-corrected chi connectivity index (χ2v) is 11.6. The third kappa shape index (κ3) is 4.42. The molecule has 0 saturated carbocycles. The lowest BCUT2D eigenvalue weighted by Gasteiger charge is -2.26. The number of aromatic amines is 1. The quantitative estimate of drug-likeness (QED) is 0.252. The van der Waals surface area contributed by atoms with E-state index in [1.807, 2.05) is 46.2 Å². The smallest absolute Gasteiger partial charge is 0.410 e. The summed E-state index contributed by atoms with van der Waals surface area (Å²) >= 11 is 1.82. The molecule has 39 heavy (non-hydrogen) atoms. The Bertz CT molecular complexity index is 1720. The summed E-state index contributed by atoms with van der Waals surface area (Å²) in [4.78, 5) is 25.2. The fraction of sp³-hybridized carbons (Fsp3) is 0.323. The van der Waals surface area contributed by atoms with Gasteiger partial charge in [0.1, 0.15) is 17.8 Å². The first-order valence-corrected chi connectivity index (χ1v) is 14.2. The van der Waals surface area contributed by atoms with Crippen LogP contribution in [0.5, 0.6) is 0 Å². The Morgan fingerprint density at radius 2 is 1.92 bits per heavy atom. The number of rotatable bonds is 5. The van der Waals surface area contributed by atoms with Gasteiger partial charge >= 0.3 is 6.09 Å².